The minimum atomic E-state index is 0.216. The molecule has 0 saturated heterocycles. The van der Waals surface area contributed by atoms with Crippen molar-refractivity contribution in [3.63, 3.8) is 0 Å². The predicted octanol–water partition coefficient (Wildman–Crippen LogP) is 2.57. The number of para-hydroxylation sites is 2. The van der Waals surface area contributed by atoms with Crippen LogP contribution in [0.4, 0.5) is 0 Å². The summed E-state index contributed by atoms with van der Waals surface area (Å²) < 4.78 is 5.33. The Kier molecular flexibility index (Phi) is 3.45. The van der Waals surface area contributed by atoms with Crippen LogP contribution in [0.3, 0.4) is 0 Å². The van der Waals surface area contributed by atoms with Gasteiger partial charge in [-0.3, -0.25) is 0 Å². The molecule has 0 heterocycles. The highest BCUT2D eigenvalue weighted by molar-refractivity contribution is 5.37. The molecule has 0 fully saturated rings. The first-order valence-electron chi connectivity index (χ1n) is 4.25. The van der Waals surface area contributed by atoms with Crippen LogP contribution in [-0.2, 0) is 0 Å². The van der Waals surface area contributed by atoms with Crippen molar-refractivity contribution in [3.05, 3.63) is 24.3 Å². The van der Waals surface area contributed by atoms with Crippen LogP contribution in [-0.4, -0.2) is 11.7 Å². The molecular weight excluding hydrogens is 152 g/mol. The maximum atomic E-state index is 9.28. The SMILES string of the molecule is CCCCOc1ccccc1O. The molecule has 0 bridgehead atoms. The third-order valence-electron chi connectivity index (χ3n) is 1.62. The fraction of sp³-hybridized carbons (Fsp3) is 0.400. The molecule has 0 unspecified atom stereocenters. The molecule has 66 valence electrons. The van der Waals surface area contributed by atoms with Crippen molar-refractivity contribution in [1.82, 2.24) is 0 Å². The lowest BCUT2D eigenvalue weighted by Crippen LogP contribution is -1.96. The fourth-order valence-electron chi connectivity index (χ4n) is 0.906. The second kappa shape index (κ2) is 4.65. The highest BCUT2D eigenvalue weighted by atomic mass is 16.5. The molecule has 0 spiro atoms. The molecule has 0 radical (unpaired) electrons. The Hall–Kier alpha value is -1.18. The van der Waals surface area contributed by atoms with E-state index in [1.807, 2.05) is 6.07 Å². The maximum Gasteiger partial charge on any atom is 0.160 e. The normalized spacial score (nSPS) is 9.75. The first kappa shape index (κ1) is 8.91. The summed E-state index contributed by atoms with van der Waals surface area (Å²) in [7, 11) is 0. The van der Waals surface area contributed by atoms with Gasteiger partial charge in [-0.05, 0) is 18.6 Å². The quantitative estimate of drug-likeness (QED) is 0.696. The number of hydrogen-bond acceptors (Lipinski definition) is 2. The third-order valence-corrected chi connectivity index (χ3v) is 1.62. The lowest BCUT2D eigenvalue weighted by Gasteiger charge is -2.05. The van der Waals surface area contributed by atoms with Crippen LogP contribution in [0.5, 0.6) is 11.5 Å². The number of benzene rings is 1. The van der Waals surface area contributed by atoms with Crippen molar-refractivity contribution in [3.8, 4) is 11.5 Å². The molecule has 0 saturated carbocycles. The molecule has 1 rings (SSSR count). The van der Waals surface area contributed by atoms with Gasteiger partial charge in [0.2, 0.25) is 0 Å². The zero-order chi connectivity index (χ0) is 8.81. The van der Waals surface area contributed by atoms with Crippen molar-refractivity contribution in [2.45, 2.75) is 19.8 Å². The molecule has 1 N–H and O–H groups in total. The van der Waals surface area contributed by atoms with E-state index in [9.17, 15) is 5.11 Å². The lowest BCUT2D eigenvalue weighted by atomic mass is 10.3. The van der Waals surface area contributed by atoms with Gasteiger partial charge in [-0.15, -0.1) is 0 Å². The van der Waals surface area contributed by atoms with E-state index in [0.29, 0.717) is 12.4 Å². The van der Waals surface area contributed by atoms with Gasteiger partial charge in [-0.1, -0.05) is 25.5 Å². The van der Waals surface area contributed by atoms with Crippen molar-refractivity contribution in [2.24, 2.45) is 0 Å². The molecular formula is C10H14O2. The Morgan fingerprint density at radius 3 is 2.75 bits per heavy atom. The van der Waals surface area contributed by atoms with E-state index in [0.717, 1.165) is 12.8 Å². The largest absolute Gasteiger partial charge is 0.504 e. The smallest absolute Gasteiger partial charge is 0.160 e. The molecule has 12 heavy (non-hydrogen) atoms. The van der Waals surface area contributed by atoms with Gasteiger partial charge in [-0.25, -0.2) is 0 Å². The van der Waals surface area contributed by atoms with E-state index < -0.39 is 0 Å². The van der Waals surface area contributed by atoms with Gasteiger partial charge in [0.1, 0.15) is 0 Å². The summed E-state index contributed by atoms with van der Waals surface area (Å²) in [4.78, 5) is 0. The number of aromatic hydroxyl groups is 1. The highest BCUT2D eigenvalue weighted by Gasteiger charge is 1.97. The maximum absolute atomic E-state index is 9.28. The van der Waals surface area contributed by atoms with E-state index in [2.05, 4.69) is 6.92 Å². The summed E-state index contributed by atoms with van der Waals surface area (Å²) in [5.41, 5.74) is 0. The van der Waals surface area contributed by atoms with Crippen LogP contribution >= 0.6 is 0 Å². The Balaban J connectivity index is 2.46. The van der Waals surface area contributed by atoms with E-state index >= 15 is 0 Å². The van der Waals surface area contributed by atoms with Crippen LogP contribution in [0.2, 0.25) is 0 Å². The molecule has 2 nitrogen and oxygen atoms in total. The van der Waals surface area contributed by atoms with Crippen LogP contribution in [0.25, 0.3) is 0 Å². The molecule has 0 aliphatic carbocycles. The molecule has 0 aliphatic rings. The Labute approximate surface area is 72.8 Å². The monoisotopic (exact) mass is 166 g/mol. The van der Waals surface area contributed by atoms with Crippen molar-refractivity contribution >= 4 is 0 Å². The second-order valence-corrected chi connectivity index (χ2v) is 2.67. The Morgan fingerprint density at radius 2 is 2.08 bits per heavy atom. The number of phenolic OH excluding ortho intramolecular Hbond substituents is 1. The molecule has 1 aromatic rings. The highest BCUT2D eigenvalue weighted by Crippen LogP contribution is 2.24. The van der Waals surface area contributed by atoms with Gasteiger partial charge in [-0.2, -0.15) is 0 Å². The summed E-state index contributed by atoms with van der Waals surface area (Å²) in [5.74, 6) is 0.791. The standard InChI is InChI=1S/C10H14O2/c1-2-3-8-12-10-7-5-4-6-9(10)11/h4-7,11H,2-3,8H2,1H3. The van der Waals surface area contributed by atoms with Gasteiger partial charge in [0.25, 0.3) is 0 Å². The van der Waals surface area contributed by atoms with Crippen LogP contribution in [0, 0.1) is 0 Å². The van der Waals surface area contributed by atoms with Gasteiger partial charge < -0.3 is 9.84 Å². The molecule has 1 aromatic carbocycles. The number of hydrogen-bond donors (Lipinski definition) is 1. The molecule has 0 amide bonds. The topological polar surface area (TPSA) is 29.5 Å². The summed E-state index contributed by atoms with van der Waals surface area (Å²) in [6.45, 7) is 2.78. The van der Waals surface area contributed by atoms with Crippen molar-refractivity contribution < 1.29 is 9.84 Å². The van der Waals surface area contributed by atoms with Crippen molar-refractivity contribution in [1.29, 1.82) is 0 Å². The summed E-state index contributed by atoms with van der Waals surface area (Å²) in [6.07, 6.45) is 2.13. The summed E-state index contributed by atoms with van der Waals surface area (Å²) in [6, 6.07) is 7.02. The first-order valence-corrected chi connectivity index (χ1v) is 4.25. The van der Waals surface area contributed by atoms with Gasteiger partial charge >= 0.3 is 0 Å². The minimum Gasteiger partial charge on any atom is -0.504 e. The van der Waals surface area contributed by atoms with E-state index in [1.54, 1.807) is 18.2 Å². The average molecular weight is 166 g/mol. The molecule has 2 heteroatoms. The van der Waals surface area contributed by atoms with Gasteiger partial charge in [0.05, 0.1) is 6.61 Å². The predicted molar refractivity (Wildman–Crippen MR) is 48.5 cm³/mol. The number of phenols is 1. The van der Waals surface area contributed by atoms with Crippen LogP contribution in [0.15, 0.2) is 24.3 Å². The van der Waals surface area contributed by atoms with Crippen molar-refractivity contribution in [2.75, 3.05) is 6.61 Å². The number of unbranched alkanes of at least 4 members (excludes halogenated alkanes) is 1. The van der Waals surface area contributed by atoms with E-state index in [4.69, 9.17) is 4.74 Å². The average Bonchev–Trinajstić information content (AvgIpc) is 2.09. The van der Waals surface area contributed by atoms with Crippen LogP contribution < -0.4 is 4.74 Å². The molecule has 0 aliphatic heterocycles. The summed E-state index contributed by atoms with van der Waals surface area (Å²) in [5, 5.41) is 9.28. The lowest BCUT2D eigenvalue weighted by molar-refractivity contribution is 0.293. The van der Waals surface area contributed by atoms with Gasteiger partial charge in [0, 0.05) is 0 Å². The zero-order valence-electron chi connectivity index (χ0n) is 7.29. The summed E-state index contributed by atoms with van der Waals surface area (Å²) >= 11 is 0. The third kappa shape index (κ3) is 2.46. The Bertz CT molecular complexity index is 233. The second-order valence-electron chi connectivity index (χ2n) is 2.67. The Morgan fingerprint density at radius 1 is 1.33 bits per heavy atom. The number of rotatable bonds is 4. The van der Waals surface area contributed by atoms with E-state index in [-0.39, 0.29) is 5.75 Å². The minimum absolute atomic E-state index is 0.216. The fourth-order valence-corrected chi connectivity index (χ4v) is 0.906. The molecule has 0 aromatic heterocycles. The first-order chi connectivity index (χ1) is 5.84. The number of ether oxygens (including phenoxy) is 1. The van der Waals surface area contributed by atoms with E-state index in [1.165, 1.54) is 0 Å². The zero-order valence-corrected chi connectivity index (χ0v) is 7.29. The van der Waals surface area contributed by atoms with Crippen LogP contribution in [0.1, 0.15) is 19.8 Å². The van der Waals surface area contributed by atoms with Gasteiger partial charge in [0.15, 0.2) is 11.5 Å². The molecule has 0 atom stereocenters.